The lowest BCUT2D eigenvalue weighted by Crippen LogP contribution is -1.97. The van der Waals surface area contributed by atoms with Gasteiger partial charge < -0.3 is 9.47 Å². The highest BCUT2D eigenvalue weighted by Gasteiger charge is 2.23. The fraction of sp³-hybridized carbons (Fsp3) is 0.333. The van der Waals surface area contributed by atoms with E-state index in [4.69, 9.17) is 23.2 Å². The van der Waals surface area contributed by atoms with Crippen LogP contribution in [0.2, 0.25) is 0 Å². The van der Waals surface area contributed by atoms with Gasteiger partial charge in [-0.3, -0.25) is 0 Å². The van der Waals surface area contributed by atoms with E-state index in [1.54, 1.807) is 0 Å². The highest BCUT2D eigenvalue weighted by molar-refractivity contribution is 6.37. The van der Waals surface area contributed by atoms with Crippen LogP contribution in [0.1, 0.15) is 0 Å². The lowest BCUT2D eigenvalue weighted by atomic mass is 11.1. The van der Waals surface area contributed by atoms with E-state index in [0.717, 1.165) is 0 Å². The van der Waals surface area contributed by atoms with Gasteiger partial charge in [0.25, 0.3) is 0 Å². The van der Waals surface area contributed by atoms with Gasteiger partial charge in [-0.1, -0.05) is 0 Å². The molecule has 0 saturated heterocycles. The number of halogens is 3. The second kappa shape index (κ2) is 1.99. The first kappa shape index (κ1) is 5.98. The number of hydrogen-bond acceptors (Lipinski definition) is 2. The molecule has 0 atom stereocenters. The van der Waals surface area contributed by atoms with Gasteiger partial charge in [0, 0.05) is 0 Å². The van der Waals surface area contributed by atoms with Crippen LogP contribution in [0.25, 0.3) is 0 Å². The summed E-state index contributed by atoms with van der Waals surface area (Å²) in [5, 5.41) is -0.474. The van der Waals surface area contributed by atoms with Crippen molar-refractivity contribution in [2.24, 2.45) is 0 Å². The van der Waals surface area contributed by atoms with Crippen molar-refractivity contribution >= 4 is 23.2 Å². The molecule has 0 unspecified atom stereocenters. The van der Waals surface area contributed by atoms with Crippen molar-refractivity contribution in [1.29, 1.82) is 0 Å². The van der Waals surface area contributed by atoms with Crippen LogP contribution >= 0.6 is 23.2 Å². The van der Waals surface area contributed by atoms with Crippen LogP contribution in [0.15, 0.2) is 10.4 Å². The molecule has 0 radical (unpaired) electrons. The Morgan fingerprint density at radius 3 is 1.75 bits per heavy atom. The van der Waals surface area contributed by atoms with E-state index >= 15 is 0 Å². The van der Waals surface area contributed by atoms with E-state index in [0.29, 0.717) is 0 Å². The molecule has 46 valence electrons. The summed E-state index contributed by atoms with van der Waals surface area (Å²) >= 11 is 10.2. The molecule has 0 bridgehead atoms. The van der Waals surface area contributed by atoms with Crippen LogP contribution in [0, 0.1) is 0 Å². The quantitative estimate of drug-likeness (QED) is 0.537. The Morgan fingerprint density at radius 1 is 1.25 bits per heavy atom. The monoisotopic (exact) mass is 158 g/mol. The Morgan fingerprint density at radius 2 is 1.62 bits per heavy atom. The zero-order valence-corrected chi connectivity index (χ0v) is 5.04. The number of alkyl halides is 1. The normalized spacial score (nSPS) is 20.9. The lowest BCUT2D eigenvalue weighted by molar-refractivity contribution is -0.128. The fourth-order valence-corrected chi connectivity index (χ4v) is 0.509. The summed E-state index contributed by atoms with van der Waals surface area (Å²) in [4.78, 5) is 0. The van der Waals surface area contributed by atoms with Gasteiger partial charge in [-0.25, -0.2) is 0 Å². The number of rotatable bonds is 0. The van der Waals surface area contributed by atoms with Crippen molar-refractivity contribution in [3.05, 3.63) is 10.4 Å². The van der Waals surface area contributed by atoms with Gasteiger partial charge in [0.1, 0.15) is 0 Å². The van der Waals surface area contributed by atoms with E-state index in [9.17, 15) is 4.39 Å². The summed E-state index contributed by atoms with van der Waals surface area (Å²) in [7, 11) is 0. The van der Waals surface area contributed by atoms with E-state index in [1.807, 2.05) is 0 Å². The molecule has 0 aromatic heterocycles. The summed E-state index contributed by atoms with van der Waals surface area (Å²) in [6, 6.07) is 0. The first-order valence-electron chi connectivity index (χ1n) is 1.73. The maximum Gasteiger partial charge on any atom is 0.398 e. The third-order valence-electron chi connectivity index (χ3n) is 0.547. The summed E-state index contributed by atoms with van der Waals surface area (Å²) in [6.45, 7) is -1.84. The van der Waals surface area contributed by atoms with Gasteiger partial charge >= 0.3 is 6.54 Å². The molecule has 0 aliphatic carbocycles. The lowest BCUT2D eigenvalue weighted by Gasteiger charge is -1.95. The Bertz CT molecular complexity index is 121. The smallest absolute Gasteiger partial charge is 0.398 e. The zero-order chi connectivity index (χ0) is 6.15. The highest BCUT2D eigenvalue weighted by Crippen LogP contribution is 2.27. The molecule has 0 fully saturated rings. The predicted octanol–water partition coefficient (Wildman–Crippen LogP) is 1.89. The molecule has 1 heterocycles. The molecule has 0 aromatic carbocycles. The molecular weight excluding hydrogens is 158 g/mol. The zero-order valence-electron chi connectivity index (χ0n) is 3.53. The molecule has 1 aliphatic rings. The molecule has 2 nitrogen and oxygen atoms in total. The Hall–Kier alpha value is -0.150. The molecule has 1 aliphatic heterocycles. The van der Waals surface area contributed by atoms with Gasteiger partial charge in [0.15, 0.2) is 0 Å². The topological polar surface area (TPSA) is 18.5 Å². The SMILES string of the molecule is FC1OC(Cl)=C(Cl)O1. The van der Waals surface area contributed by atoms with Crippen molar-refractivity contribution in [3.8, 4) is 0 Å². The standard InChI is InChI=1S/C3HCl2FO2/c4-1-2(5)8-3(6)7-1/h3H. The minimum Gasteiger partial charge on any atom is -0.412 e. The molecule has 1 rings (SSSR count). The van der Waals surface area contributed by atoms with Gasteiger partial charge in [-0.15, -0.1) is 0 Å². The van der Waals surface area contributed by atoms with Gasteiger partial charge in [0.05, 0.1) is 0 Å². The second-order valence-electron chi connectivity index (χ2n) is 1.06. The van der Waals surface area contributed by atoms with E-state index in [-0.39, 0.29) is 10.4 Å². The molecule has 0 N–H and O–H groups in total. The largest absolute Gasteiger partial charge is 0.412 e. The van der Waals surface area contributed by atoms with Gasteiger partial charge in [-0.05, 0) is 23.2 Å². The molecule has 5 heteroatoms. The number of ether oxygens (including phenoxy) is 2. The highest BCUT2D eigenvalue weighted by atomic mass is 35.5. The summed E-state index contributed by atoms with van der Waals surface area (Å²) in [6.07, 6.45) is 0. The van der Waals surface area contributed by atoms with E-state index < -0.39 is 6.54 Å². The fourth-order valence-electron chi connectivity index (χ4n) is 0.279. The van der Waals surface area contributed by atoms with Crippen molar-refractivity contribution in [2.75, 3.05) is 0 Å². The number of hydrogen-bond donors (Lipinski definition) is 0. The Labute approximate surface area is 54.8 Å². The van der Waals surface area contributed by atoms with Crippen molar-refractivity contribution in [2.45, 2.75) is 6.54 Å². The molecule has 0 saturated carbocycles. The minimum atomic E-state index is -1.84. The van der Waals surface area contributed by atoms with E-state index in [1.165, 1.54) is 0 Å². The van der Waals surface area contributed by atoms with Crippen LogP contribution in [-0.4, -0.2) is 6.54 Å². The summed E-state index contributed by atoms with van der Waals surface area (Å²) < 4.78 is 20.0. The first-order chi connectivity index (χ1) is 3.70. The minimum absolute atomic E-state index is 0.237. The van der Waals surface area contributed by atoms with Crippen LogP contribution in [0.5, 0.6) is 0 Å². The average Bonchev–Trinajstić information content (AvgIpc) is 1.85. The van der Waals surface area contributed by atoms with Crippen LogP contribution in [-0.2, 0) is 9.47 Å². The van der Waals surface area contributed by atoms with Crippen LogP contribution < -0.4 is 0 Å². The van der Waals surface area contributed by atoms with Crippen LogP contribution in [0.4, 0.5) is 4.39 Å². The van der Waals surface area contributed by atoms with Crippen molar-refractivity contribution < 1.29 is 13.9 Å². The molecule has 0 aromatic rings. The van der Waals surface area contributed by atoms with Crippen molar-refractivity contribution in [3.63, 3.8) is 0 Å². The molecular formula is C3HCl2FO2. The first-order valence-corrected chi connectivity index (χ1v) is 2.48. The molecule has 8 heavy (non-hydrogen) atoms. The molecule has 0 amide bonds. The third kappa shape index (κ3) is 0.980. The maximum atomic E-state index is 11.8. The summed E-state index contributed by atoms with van der Waals surface area (Å²) in [5.74, 6) is 0. The Balaban J connectivity index is 2.60. The second-order valence-corrected chi connectivity index (χ2v) is 1.74. The maximum absolute atomic E-state index is 11.8. The van der Waals surface area contributed by atoms with Crippen molar-refractivity contribution in [1.82, 2.24) is 0 Å². The third-order valence-corrected chi connectivity index (χ3v) is 1.16. The van der Waals surface area contributed by atoms with Gasteiger partial charge in [0.2, 0.25) is 10.4 Å². The van der Waals surface area contributed by atoms with Crippen LogP contribution in [0.3, 0.4) is 0 Å². The average molecular weight is 159 g/mol. The summed E-state index contributed by atoms with van der Waals surface area (Å²) in [5.41, 5.74) is 0. The van der Waals surface area contributed by atoms with E-state index in [2.05, 4.69) is 9.47 Å². The Kier molecular flexibility index (Phi) is 1.49. The van der Waals surface area contributed by atoms with Gasteiger partial charge in [-0.2, -0.15) is 4.39 Å². The molecule has 0 spiro atoms. The predicted molar refractivity (Wildman–Crippen MR) is 25.8 cm³/mol.